The third-order valence-electron chi connectivity index (χ3n) is 3.20. The van der Waals surface area contributed by atoms with E-state index in [4.69, 9.17) is 4.74 Å². The maximum Gasteiger partial charge on any atom is 0.330 e. The lowest BCUT2D eigenvalue weighted by Gasteiger charge is -2.06. The predicted molar refractivity (Wildman–Crippen MR) is 90.4 cm³/mol. The van der Waals surface area contributed by atoms with Crippen LogP contribution in [0.15, 0.2) is 47.2 Å². The van der Waals surface area contributed by atoms with Crippen LogP contribution in [-0.2, 0) is 27.4 Å². The Labute approximate surface area is 147 Å². The molecule has 0 atom stereocenters. The average molecular weight is 357 g/mol. The van der Waals surface area contributed by atoms with Crippen LogP contribution < -0.4 is 5.32 Å². The molecule has 0 radical (unpaired) electrons. The molecule has 1 aromatic carbocycles. The number of benzene rings is 1. The standard InChI is InChI=1S/C16H15N5O3S/c22-14(17-8-12-4-2-1-3-5-12)10-24-15(23)9-21-19-16(18-20-21)13-6-7-25-11-13/h1-7,11H,8-10H2,(H,17,22). The number of nitrogens with one attached hydrogen (secondary N) is 1. The van der Waals surface area contributed by atoms with Gasteiger partial charge in [-0.05, 0) is 22.2 Å². The smallest absolute Gasteiger partial charge is 0.330 e. The van der Waals surface area contributed by atoms with E-state index in [1.807, 2.05) is 47.2 Å². The van der Waals surface area contributed by atoms with Crippen LogP contribution in [0.1, 0.15) is 5.56 Å². The summed E-state index contributed by atoms with van der Waals surface area (Å²) in [7, 11) is 0. The molecule has 3 rings (SSSR count). The van der Waals surface area contributed by atoms with Crippen LogP contribution in [0.4, 0.5) is 0 Å². The van der Waals surface area contributed by atoms with Gasteiger partial charge in [-0.25, -0.2) is 4.79 Å². The molecule has 2 aromatic heterocycles. The minimum atomic E-state index is -0.607. The Morgan fingerprint density at radius 3 is 2.80 bits per heavy atom. The van der Waals surface area contributed by atoms with Crippen molar-refractivity contribution in [3.05, 3.63) is 52.7 Å². The van der Waals surface area contributed by atoms with Crippen molar-refractivity contribution < 1.29 is 14.3 Å². The molecule has 0 fully saturated rings. The highest BCUT2D eigenvalue weighted by Crippen LogP contribution is 2.16. The molecule has 0 aliphatic rings. The van der Waals surface area contributed by atoms with E-state index in [0.29, 0.717) is 12.4 Å². The SMILES string of the molecule is O=C(COC(=O)Cn1nnc(-c2ccsc2)n1)NCc1ccccc1. The van der Waals surface area contributed by atoms with E-state index in [1.165, 1.54) is 11.3 Å². The van der Waals surface area contributed by atoms with Crippen molar-refractivity contribution in [1.82, 2.24) is 25.5 Å². The second kappa shape index (κ2) is 8.15. The summed E-state index contributed by atoms with van der Waals surface area (Å²) >= 11 is 1.52. The molecule has 0 unspecified atom stereocenters. The van der Waals surface area contributed by atoms with Gasteiger partial charge in [0.2, 0.25) is 5.82 Å². The fourth-order valence-corrected chi connectivity index (χ4v) is 2.61. The molecular weight excluding hydrogens is 342 g/mol. The molecular formula is C16H15N5O3S. The molecule has 3 aromatic rings. The van der Waals surface area contributed by atoms with E-state index >= 15 is 0 Å². The summed E-state index contributed by atoms with van der Waals surface area (Å²) in [6, 6.07) is 11.3. The fourth-order valence-electron chi connectivity index (χ4n) is 1.97. The number of carbonyl (C=O) groups is 2. The van der Waals surface area contributed by atoms with Gasteiger partial charge in [0.1, 0.15) is 0 Å². The number of amides is 1. The van der Waals surface area contributed by atoms with Gasteiger partial charge < -0.3 is 10.1 Å². The minimum Gasteiger partial charge on any atom is -0.454 e. The third kappa shape index (κ3) is 4.95. The topological polar surface area (TPSA) is 99.0 Å². The van der Waals surface area contributed by atoms with Gasteiger partial charge in [-0.15, -0.1) is 10.2 Å². The Morgan fingerprint density at radius 2 is 2.04 bits per heavy atom. The lowest BCUT2D eigenvalue weighted by Crippen LogP contribution is -2.29. The van der Waals surface area contributed by atoms with Crippen molar-refractivity contribution >= 4 is 23.2 Å². The van der Waals surface area contributed by atoms with Gasteiger partial charge in [-0.2, -0.15) is 16.1 Å². The van der Waals surface area contributed by atoms with Crippen LogP contribution in [0.2, 0.25) is 0 Å². The molecule has 1 amide bonds. The molecule has 0 aliphatic heterocycles. The summed E-state index contributed by atoms with van der Waals surface area (Å²) in [6.07, 6.45) is 0. The minimum absolute atomic E-state index is 0.205. The van der Waals surface area contributed by atoms with Crippen LogP contribution in [0.5, 0.6) is 0 Å². The number of rotatable bonds is 7. The van der Waals surface area contributed by atoms with E-state index in [9.17, 15) is 9.59 Å². The number of hydrogen-bond donors (Lipinski definition) is 1. The first-order chi connectivity index (χ1) is 12.2. The number of thiophene rings is 1. The maximum absolute atomic E-state index is 11.8. The molecule has 25 heavy (non-hydrogen) atoms. The number of nitrogens with zero attached hydrogens (tertiary/aromatic N) is 4. The predicted octanol–water partition coefficient (Wildman–Crippen LogP) is 1.26. The number of aromatic nitrogens is 4. The van der Waals surface area contributed by atoms with Gasteiger partial charge in [0.05, 0.1) is 0 Å². The van der Waals surface area contributed by atoms with Gasteiger partial charge in [0.25, 0.3) is 5.91 Å². The van der Waals surface area contributed by atoms with E-state index in [1.54, 1.807) is 0 Å². The van der Waals surface area contributed by atoms with E-state index in [2.05, 4.69) is 20.7 Å². The molecule has 1 N–H and O–H groups in total. The van der Waals surface area contributed by atoms with Crippen LogP contribution in [0.25, 0.3) is 11.4 Å². The van der Waals surface area contributed by atoms with Crippen LogP contribution in [-0.4, -0.2) is 38.7 Å². The highest BCUT2D eigenvalue weighted by atomic mass is 32.1. The molecule has 128 valence electrons. The second-order valence-corrected chi connectivity index (χ2v) is 5.86. The molecule has 2 heterocycles. The normalized spacial score (nSPS) is 10.4. The zero-order valence-electron chi connectivity index (χ0n) is 13.2. The molecule has 8 nitrogen and oxygen atoms in total. The van der Waals surface area contributed by atoms with Crippen LogP contribution in [0.3, 0.4) is 0 Å². The van der Waals surface area contributed by atoms with Crippen molar-refractivity contribution in [3.8, 4) is 11.4 Å². The number of carbonyl (C=O) groups excluding carboxylic acids is 2. The lowest BCUT2D eigenvalue weighted by atomic mass is 10.2. The second-order valence-electron chi connectivity index (χ2n) is 5.08. The monoisotopic (exact) mass is 357 g/mol. The summed E-state index contributed by atoms with van der Waals surface area (Å²) in [5.41, 5.74) is 1.81. The van der Waals surface area contributed by atoms with Crippen molar-refractivity contribution in [2.75, 3.05) is 6.61 Å². The van der Waals surface area contributed by atoms with Gasteiger partial charge in [-0.3, -0.25) is 4.79 Å². The Kier molecular flexibility index (Phi) is 5.47. The quantitative estimate of drug-likeness (QED) is 0.639. The van der Waals surface area contributed by atoms with E-state index in [0.717, 1.165) is 15.9 Å². The van der Waals surface area contributed by atoms with Crippen LogP contribution in [0, 0.1) is 0 Å². The maximum atomic E-state index is 11.8. The van der Waals surface area contributed by atoms with Crippen molar-refractivity contribution in [2.24, 2.45) is 0 Å². The van der Waals surface area contributed by atoms with Crippen LogP contribution >= 0.6 is 11.3 Å². The van der Waals surface area contributed by atoms with Crippen molar-refractivity contribution in [2.45, 2.75) is 13.1 Å². The first-order valence-corrected chi connectivity index (χ1v) is 8.41. The lowest BCUT2D eigenvalue weighted by molar-refractivity contribution is -0.149. The number of ether oxygens (including phenoxy) is 1. The highest BCUT2D eigenvalue weighted by molar-refractivity contribution is 7.08. The molecule has 0 saturated heterocycles. The molecule has 9 heteroatoms. The summed E-state index contributed by atoms with van der Waals surface area (Å²) in [4.78, 5) is 24.6. The Morgan fingerprint density at radius 1 is 1.20 bits per heavy atom. The van der Waals surface area contributed by atoms with E-state index < -0.39 is 5.97 Å². The molecule has 0 spiro atoms. The third-order valence-corrected chi connectivity index (χ3v) is 3.88. The summed E-state index contributed by atoms with van der Waals surface area (Å²) < 4.78 is 4.92. The Bertz CT molecular complexity index is 833. The highest BCUT2D eigenvalue weighted by Gasteiger charge is 2.12. The van der Waals surface area contributed by atoms with Gasteiger partial charge in [0.15, 0.2) is 13.2 Å². The largest absolute Gasteiger partial charge is 0.454 e. The number of esters is 1. The molecule has 0 saturated carbocycles. The van der Waals surface area contributed by atoms with Gasteiger partial charge in [-0.1, -0.05) is 30.3 Å². The Hall–Kier alpha value is -3.07. The zero-order valence-corrected chi connectivity index (χ0v) is 14.0. The zero-order chi connectivity index (χ0) is 17.5. The fraction of sp³-hybridized carbons (Fsp3) is 0.188. The van der Waals surface area contributed by atoms with Gasteiger partial charge >= 0.3 is 5.97 Å². The summed E-state index contributed by atoms with van der Waals surface area (Å²) in [5.74, 6) is -0.540. The molecule has 0 aliphatic carbocycles. The number of hydrogen-bond acceptors (Lipinski definition) is 7. The number of tetrazole rings is 1. The summed E-state index contributed by atoms with van der Waals surface area (Å²) in [5, 5.41) is 18.2. The average Bonchev–Trinajstić information content (AvgIpc) is 3.30. The van der Waals surface area contributed by atoms with Gasteiger partial charge in [0, 0.05) is 17.5 Å². The first kappa shape index (κ1) is 16.8. The van der Waals surface area contributed by atoms with E-state index in [-0.39, 0.29) is 19.1 Å². The van der Waals surface area contributed by atoms with Crippen molar-refractivity contribution in [1.29, 1.82) is 0 Å². The first-order valence-electron chi connectivity index (χ1n) is 7.47. The van der Waals surface area contributed by atoms with Crippen molar-refractivity contribution in [3.63, 3.8) is 0 Å². The Balaban J connectivity index is 1.41. The molecule has 0 bridgehead atoms. The summed E-state index contributed by atoms with van der Waals surface area (Å²) in [6.45, 7) is -0.174.